The molecule has 0 radical (unpaired) electrons. The van der Waals surface area contributed by atoms with Gasteiger partial charge >= 0.3 is 0 Å². The molecule has 1 aliphatic heterocycles. The molecule has 1 heterocycles. The topological polar surface area (TPSA) is 41.6 Å². The van der Waals surface area contributed by atoms with Crippen LogP contribution in [0.4, 0.5) is 0 Å². The highest BCUT2D eigenvalue weighted by Gasteiger charge is 2.47. The second-order valence-electron chi connectivity index (χ2n) is 4.39. The van der Waals surface area contributed by atoms with Gasteiger partial charge in [0.25, 0.3) is 0 Å². The van der Waals surface area contributed by atoms with Gasteiger partial charge in [-0.15, -0.1) is 0 Å². The summed E-state index contributed by atoms with van der Waals surface area (Å²) in [4.78, 5) is 14.0. The third kappa shape index (κ3) is 2.01. The molecule has 1 spiro atoms. The van der Waals surface area contributed by atoms with Crippen molar-refractivity contribution >= 4 is 5.91 Å². The molecule has 2 fully saturated rings. The highest BCUT2D eigenvalue weighted by Crippen LogP contribution is 2.34. The van der Waals surface area contributed by atoms with Crippen LogP contribution < -0.4 is 5.32 Å². The summed E-state index contributed by atoms with van der Waals surface area (Å²) >= 11 is 0. The van der Waals surface area contributed by atoms with Crippen LogP contribution in [0.5, 0.6) is 0 Å². The van der Waals surface area contributed by atoms with Gasteiger partial charge in [-0.05, 0) is 19.8 Å². The molecule has 1 saturated carbocycles. The van der Waals surface area contributed by atoms with Gasteiger partial charge in [-0.3, -0.25) is 10.1 Å². The minimum atomic E-state index is -0.202. The fourth-order valence-corrected chi connectivity index (χ4v) is 2.57. The fraction of sp³-hybridized carbons (Fsp3) is 0.909. The Morgan fingerprint density at radius 1 is 1.47 bits per heavy atom. The number of nitrogens with one attached hydrogen (secondary N) is 1. The third-order valence-electron chi connectivity index (χ3n) is 3.47. The largest absolute Gasteiger partial charge is 0.380 e. The van der Waals surface area contributed by atoms with Crippen molar-refractivity contribution in [2.75, 3.05) is 26.4 Å². The summed E-state index contributed by atoms with van der Waals surface area (Å²) in [5.41, 5.74) is -0.202. The second kappa shape index (κ2) is 4.49. The van der Waals surface area contributed by atoms with Gasteiger partial charge < -0.3 is 9.64 Å². The first-order valence-electron chi connectivity index (χ1n) is 5.91. The van der Waals surface area contributed by atoms with Gasteiger partial charge in [0.15, 0.2) is 0 Å². The van der Waals surface area contributed by atoms with Crippen LogP contribution in [0.3, 0.4) is 0 Å². The maximum atomic E-state index is 12.1. The molecule has 1 saturated heterocycles. The average molecular weight is 212 g/mol. The summed E-state index contributed by atoms with van der Waals surface area (Å²) in [6.07, 6.45) is 4.38. The van der Waals surface area contributed by atoms with Crippen LogP contribution in [-0.4, -0.2) is 42.8 Å². The molecule has 15 heavy (non-hydrogen) atoms. The Morgan fingerprint density at radius 3 is 2.87 bits per heavy atom. The number of amides is 1. The van der Waals surface area contributed by atoms with Crippen molar-refractivity contribution in [3.8, 4) is 0 Å². The maximum Gasteiger partial charge on any atom is 0.244 e. The monoisotopic (exact) mass is 212 g/mol. The van der Waals surface area contributed by atoms with Gasteiger partial charge in [0.05, 0.1) is 18.8 Å². The Bertz CT molecular complexity index is 237. The molecule has 0 aromatic rings. The summed E-state index contributed by atoms with van der Waals surface area (Å²) in [5.74, 6) is 0.291. The van der Waals surface area contributed by atoms with E-state index in [0.717, 1.165) is 26.0 Å². The molecule has 1 aliphatic carbocycles. The minimum absolute atomic E-state index is 0.202. The summed E-state index contributed by atoms with van der Waals surface area (Å²) in [6.45, 7) is 4.77. The zero-order valence-electron chi connectivity index (χ0n) is 9.42. The van der Waals surface area contributed by atoms with Crippen molar-refractivity contribution in [3.05, 3.63) is 0 Å². The first-order valence-corrected chi connectivity index (χ1v) is 5.91. The number of nitrogens with zero attached hydrogens (tertiary/aromatic N) is 1. The average Bonchev–Trinajstić information content (AvgIpc) is 2.82. The van der Waals surface area contributed by atoms with E-state index < -0.39 is 0 Å². The van der Waals surface area contributed by atoms with Gasteiger partial charge in [0.1, 0.15) is 0 Å². The zero-order valence-corrected chi connectivity index (χ0v) is 9.42. The lowest BCUT2D eigenvalue weighted by Gasteiger charge is -2.21. The molecular formula is C11H20N2O2. The fourth-order valence-electron chi connectivity index (χ4n) is 2.57. The van der Waals surface area contributed by atoms with Crippen LogP contribution in [0.2, 0.25) is 0 Å². The number of carbonyl (C=O) groups is 1. The van der Waals surface area contributed by atoms with E-state index in [9.17, 15) is 4.79 Å². The van der Waals surface area contributed by atoms with E-state index in [2.05, 4.69) is 5.32 Å². The highest BCUT2D eigenvalue weighted by molar-refractivity contribution is 5.88. The second-order valence-corrected chi connectivity index (χ2v) is 4.39. The quantitative estimate of drug-likeness (QED) is 0.698. The van der Waals surface area contributed by atoms with Crippen LogP contribution in [0.1, 0.15) is 32.6 Å². The Hall–Kier alpha value is -0.610. The molecule has 0 bridgehead atoms. The predicted octanol–water partition coefficient (Wildman–Crippen LogP) is 0.725. The standard InChI is InChI=1S/C11H20N2O2/c1-2-15-8-7-13-9-12-11(10(13)14)5-3-4-6-11/h12H,2-9H2,1H3. The van der Waals surface area contributed by atoms with Crippen LogP contribution in [0.25, 0.3) is 0 Å². The van der Waals surface area contributed by atoms with E-state index in [1.165, 1.54) is 12.8 Å². The van der Waals surface area contributed by atoms with Gasteiger partial charge in [-0.25, -0.2) is 0 Å². The van der Waals surface area contributed by atoms with Crippen LogP contribution in [-0.2, 0) is 9.53 Å². The van der Waals surface area contributed by atoms with Crippen molar-refractivity contribution in [2.24, 2.45) is 0 Å². The lowest BCUT2D eigenvalue weighted by atomic mass is 9.98. The van der Waals surface area contributed by atoms with E-state index in [4.69, 9.17) is 4.74 Å². The van der Waals surface area contributed by atoms with Gasteiger partial charge in [0.2, 0.25) is 5.91 Å². The maximum absolute atomic E-state index is 12.1. The smallest absolute Gasteiger partial charge is 0.244 e. The Labute approximate surface area is 91.0 Å². The van der Waals surface area contributed by atoms with Crippen molar-refractivity contribution in [1.82, 2.24) is 10.2 Å². The number of carbonyl (C=O) groups excluding carboxylic acids is 1. The molecule has 4 nitrogen and oxygen atoms in total. The van der Waals surface area contributed by atoms with Crippen LogP contribution in [0, 0.1) is 0 Å². The van der Waals surface area contributed by atoms with E-state index in [-0.39, 0.29) is 5.54 Å². The van der Waals surface area contributed by atoms with Crippen molar-refractivity contribution in [1.29, 1.82) is 0 Å². The molecule has 1 amide bonds. The molecule has 0 aromatic carbocycles. The number of hydrogen-bond donors (Lipinski definition) is 1. The summed E-state index contributed by atoms with van der Waals surface area (Å²) in [6, 6.07) is 0. The van der Waals surface area contributed by atoms with E-state index in [0.29, 0.717) is 19.2 Å². The lowest BCUT2D eigenvalue weighted by molar-refractivity contribution is -0.132. The van der Waals surface area contributed by atoms with E-state index in [1.54, 1.807) is 0 Å². The van der Waals surface area contributed by atoms with Gasteiger partial charge in [-0.2, -0.15) is 0 Å². The highest BCUT2D eigenvalue weighted by atomic mass is 16.5. The first-order chi connectivity index (χ1) is 7.28. The molecule has 0 unspecified atom stereocenters. The minimum Gasteiger partial charge on any atom is -0.380 e. The molecule has 86 valence electrons. The van der Waals surface area contributed by atoms with Crippen molar-refractivity contribution < 1.29 is 9.53 Å². The molecular weight excluding hydrogens is 192 g/mol. The molecule has 1 N–H and O–H groups in total. The number of rotatable bonds is 4. The van der Waals surface area contributed by atoms with Crippen molar-refractivity contribution in [2.45, 2.75) is 38.1 Å². The summed E-state index contributed by atoms with van der Waals surface area (Å²) < 4.78 is 5.27. The normalized spacial score (nSPS) is 24.3. The number of ether oxygens (including phenoxy) is 1. The van der Waals surface area contributed by atoms with E-state index in [1.807, 2.05) is 11.8 Å². The Morgan fingerprint density at radius 2 is 2.20 bits per heavy atom. The molecule has 0 aromatic heterocycles. The SMILES string of the molecule is CCOCCN1CNC2(CCCC2)C1=O. The predicted molar refractivity (Wildman–Crippen MR) is 57.4 cm³/mol. The Kier molecular flexibility index (Phi) is 3.26. The molecule has 2 aliphatic rings. The van der Waals surface area contributed by atoms with Crippen molar-refractivity contribution in [3.63, 3.8) is 0 Å². The zero-order chi connectivity index (χ0) is 10.7. The Balaban J connectivity index is 1.86. The van der Waals surface area contributed by atoms with Gasteiger partial charge in [0, 0.05) is 13.2 Å². The van der Waals surface area contributed by atoms with Crippen LogP contribution >= 0.6 is 0 Å². The lowest BCUT2D eigenvalue weighted by Crippen LogP contribution is -2.44. The van der Waals surface area contributed by atoms with Crippen LogP contribution in [0.15, 0.2) is 0 Å². The third-order valence-corrected chi connectivity index (χ3v) is 3.47. The van der Waals surface area contributed by atoms with Gasteiger partial charge in [-0.1, -0.05) is 12.8 Å². The summed E-state index contributed by atoms with van der Waals surface area (Å²) in [5, 5.41) is 3.38. The summed E-state index contributed by atoms with van der Waals surface area (Å²) in [7, 11) is 0. The first kappa shape index (κ1) is 10.9. The molecule has 4 heteroatoms. The molecule has 0 atom stereocenters. The van der Waals surface area contributed by atoms with E-state index >= 15 is 0 Å². The number of hydrogen-bond acceptors (Lipinski definition) is 3. The molecule has 2 rings (SSSR count).